The number of nitrogens with one attached hydrogen (secondary N) is 1. The van der Waals surface area contributed by atoms with E-state index in [-0.39, 0.29) is 60.7 Å². The molecule has 0 saturated carbocycles. The average Bonchev–Trinajstić information content (AvgIpc) is 3.75. The van der Waals surface area contributed by atoms with Crippen molar-refractivity contribution in [3.63, 3.8) is 0 Å². The Morgan fingerprint density at radius 2 is 1.76 bits per heavy atom. The zero-order valence-electron chi connectivity index (χ0n) is 38.4. The van der Waals surface area contributed by atoms with Gasteiger partial charge in [-0.05, 0) is 88.3 Å². The van der Waals surface area contributed by atoms with Crippen LogP contribution in [0, 0.1) is 25.2 Å². The molecule has 7 atom stereocenters. The second-order valence-electron chi connectivity index (χ2n) is 18.5. The normalized spacial score (nSPS) is 25.9. The zero-order valence-corrected chi connectivity index (χ0v) is 39.3. The first-order chi connectivity index (χ1) is 31.5. The van der Waals surface area contributed by atoms with Crippen LogP contribution in [0.1, 0.15) is 109 Å². The van der Waals surface area contributed by atoms with E-state index >= 15 is 4.79 Å². The van der Waals surface area contributed by atoms with E-state index in [0.29, 0.717) is 64.3 Å². The van der Waals surface area contributed by atoms with Crippen LogP contribution in [0.15, 0.2) is 18.2 Å². The smallest absolute Gasteiger partial charge is 0.411 e. The molecule has 2 fully saturated rings. The Morgan fingerprint density at radius 1 is 1.00 bits per heavy atom. The summed E-state index contributed by atoms with van der Waals surface area (Å²) in [6, 6.07) is 3.24. The topological polar surface area (TPSA) is 205 Å². The van der Waals surface area contributed by atoms with Gasteiger partial charge in [0.25, 0.3) is 0 Å². The molecule has 7 heterocycles. The molecule has 7 aliphatic heterocycles. The van der Waals surface area contributed by atoms with E-state index in [4.69, 9.17) is 37.9 Å². The van der Waals surface area contributed by atoms with Crippen molar-refractivity contribution in [3.8, 4) is 46.3 Å². The SMILES string of the molecule is CCCC(=O)Oc1cc2c(cc1OC)[C@@]1(CS[C@@H]3c4c(OC(C)=O)c(C)c5c(c4[C@H](COC1=O)N1C3[C@@H]3c4c(cc(C)c(OC)c4O)C[C@@H]([C@@H]1C#N)N3C(=O)OC(C)(C)C)OCO5)NCC2. The number of thioether (sulfide) groups is 1. The van der Waals surface area contributed by atoms with Gasteiger partial charge in [-0.15, -0.1) is 11.8 Å². The molecule has 1 spiro atoms. The van der Waals surface area contributed by atoms with Gasteiger partial charge in [-0.25, -0.2) is 9.59 Å². The summed E-state index contributed by atoms with van der Waals surface area (Å²) in [6.07, 6.45) is 0.776. The minimum Gasteiger partial charge on any atom is -0.504 e. The first kappa shape index (κ1) is 45.3. The number of nitriles is 1. The maximum atomic E-state index is 15.2. The number of piperazine rings is 1. The number of fused-ring (bicyclic) bond motifs is 9. The number of esters is 3. The predicted octanol–water partition coefficient (Wildman–Crippen LogP) is 6.29. The lowest BCUT2D eigenvalue weighted by atomic mass is 9.71. The molecule has 17 nitrogen and oxygen atoms in total. The van der Waals surface area contributed by atoms with Gasteiger partial charge < -0.3 is 43.0 Å². The van der Waals surface area contributed by atoms with E-state index in [1.165, 1.54) is 32.9 Å². The molecule has 4 bridgehead atoms. The molecule has 2 N–H and O–H groups in total. The molecular weight excluding hydrogens is 873 g/mol. The number of methoxy groups -OCH3 is 2. The van der Waals surface area contributed by atoms with Crippen molar-refractivity contribution >= 4 is 35.8 Å². The summed E-state index contributed by atoms with van der Waals surface area (Å²) >= 11 is 1.35. The molecule has 350 valence electrons. The van der Waals surface area contributed by atoms with Crippen LogP contribution in [-0.4, -0.2) is 103 Å². The first-order valence-corrected chi connectivity index (χ1v) is 23.2. The molecule has 3 aromatic rings. The Balaban J connectivity index is 1.32. The van der Waals surface area contributed by atoms with E-state index in [1.807, 2.05) is 24.8 Å². The van der Waals surface area contributed by atoms with Crippen LogP contribution in [0.4, 0.5) is 4.79 Å². The first-order valence-electron chi connectivity index (χ1n) is 22.2. The van der Waals surface area contributed by atoms with Crippen molar-refractivity contribution in [1.82, 2.24) is 15.1 Å². The van der Waals surface area contributed by atoms with Gasteiger partial charge in [-0.1, -0.05) is 13.0 Å². The van der Waals surface area contributed by atoms with E-state index in [9.17, 15) is 24.8 Å². The zero-order chi connectivity index (χ0) is 47.1. The van der Waals surface area contributed by atoms with E-state index < -0.39 is 70.6 Å². The summed E-state index contributed by atoms with van der Waals surface area (Å²) < 4.78 is 48.6. The average molecular weight is 927 g/mol. The second-order valence-corrected chi connectivity index (χ2v) is 19.6. The molecule has 1 unspecified atom stereocenters. The highest BCUT2D eigenvalue weighted by molar-refractivity contribution is 7.99. The number of carbonyl (C=O) groups is 4. The molecule has 10 rings (SSSR count). The second kappa shape index (κ2) is 16.8. The number of nitrogens with zero attached hydrogens (tertiary/aromatic N) is 3. The molecule has 7 aliphatic rings. The summed E-state index contributed by atoms with van der Waals surface area (Å²) in [6.45, 7) is 12.0. The Hall–Kier alpha value is -5.90. The molecule has 0 radical (unpaired) electrons. The number of ether oxygens (including phenoxy) is 8. The number of carbonyl (C=O) groups excluding carboxylic acids is 4. The number of rotatable bonds is 6. The number of aryl methyl sites for hydroxylation is 1. The summed E-state index contributed by atoms with van der Waals surface area (Å²) in [5.41, 5.74) is 2.22. The Kier molecular flexibility index (Phi) is 11.5. The van der Waals surface area contributed by atoms with Crippen LogP contribution in [0.2, 0.25) is 0 Å². The third-order valence-corrected chi connectivity index (χ3v) is 14.9. The molecule has 1 amide bonds. The van der Waals surface area contributed by atoms with Gasteiger partial charge in [0.15, 0.2) is 40.0 Å². The van der Waals surface area contributed by atoms with Gasteiger partial charge in [-0.3, -0.25) is 24.7 Å². The highest BCUT2D eigenvalue weighted by Crippen LogP contribution is 2.65. The summed E-state index contributed by atoms with van der Waals surface area (Å²) in [4.78, 5) is 59.6. The monoisotopic (exact) mass is 926 g/mol. The van der Waals surface area contributed by atoms with Gasteiger partial charge in [0.1, 0.15) is 24.0 Å². The highest BCUT2D eigenvalue weighted by Gasteiger charge is 2.64. The molecular formula is C48H54N4O13S. The number of hydrogen-bond donors (Lipinski definition) is 2. The van der Waals surface area contributed by atoms with Crippen LogP contribution in [0.5, 0.6) is 40.2 Å². The highest BCUT2D eigenvalue weighted by atomic mass is 32.2. The van der Waals surface area contributed by atoms with Crippen LogP contribution in [-0.2, 0) is 42.2 Å². The maximum absolute atomic E-state index is 15.2. The lowest BCUT2D eigenvalue weighted by Crippen LogP contribution is -2.71. The van der Waals surface area contributed by atoms with Crippen LogP contribution in [0.25, 0.3) is 0 Å². The van der Waals surface area contributed by atoms with Crippen molar-refractivity contribution < 1.29 is 62.2 Å². The van der Waals surface area contributed by atoms with Gasteiger partial charge in [0.05, 0.1) is 49.7 Å². The third kappa shape index (κ3) is 7.03. The number of amides is 1. The third-order valence-electron chi connectivity index (χ3n) is 13.4. The molecule has 0 aliphatic carbocycles. The van der Waals surface area contributed by atoms with Crippen molar-refractivity contribution in [2.75, 3.05) is 39.9 Å². The van der Waals surface area contributed by atoms with Crippen LogP contribution in [0.3, 0.4) is 0 Å². The van der Waals surface area contributed by atoms with E-state index in [1.54, 1.807) is 44.7 Å². The van der Waals surface area contributed by atoms with Gasteiger partial charge >= 0.3 is 24.0 Å². The standard InChI is InChI=1S/C48H54N4O13S/c1-10-11-33(54)64-32-16-25-12-13-50-48(27(25)17-31(32)58-8)20-66-44-36-35(43-42(61-21-62-43)23(3)41(36)63-24(4)53)30(19-60-45(48)56)51-29(18-49)28-15-26-14-22(2)40(59-9)39(55)34(26)37(38(44)51)52(28)46(57)65-47(5,6)7/h14,16-17,28-30,37-38,44,50,55H,10-13,15,19-21H2,1-9H3/t28-,29-,30-,37-,38?,44+,48+/m0/s1. The number of aromatic hydroxyl groups is 1. The molecule has 0 aromatic heterocycles. The van der Waals surface area contributed by atoms with Gasteiger partial charge in [0.2, 0.25) is 6.79 Å². The van der Waals surface area contributed by atoms with Crippen molar-refractivity contribution in [2.45, 2.75) is 121 Å². The predicted molar refractivity (Wildman–Crippen MR) is 237 cm³/mol. The molecule has 66 heavy (non-hydrogen) atoms. The van der Waals surface area contributed by atoms with Crippen LogP contribution < -0.4 is 33.7 Å². The lowest BCUT2D eigenvalue weighted by Gasteiger charge is -2.62. The van der Waals surface area contributed by atoms with Crippen LogP contribution >= 0.6 is 11.8 Å². The quantitative estimate of drug-likeness (QED) is 0.206. The summed E-state index contributed by atoms with van der Waals surface area (Å²) in [7, 11) is 2.93. The van der Waals surface area contributed by atoms with Gasteiger partial charge in [-0.2, -0.15) is 5.26 Å². The fourth-order valence-electron chi connectivity index (χ4n) is 10.9. The lowest BCUT2D eigenvalue weighted by molar-refractivity contribution is -0.157. The molecule has 18 heteroatoms. The summed E-state index contributed by atoms with van der Waals surface area (Å²) in [5.74, 6) is -0.127. The largest absolute Gasteiger partial charge is 0.504 e. The number of hydrogen-bond acceptors (Lipinski definition) is 17. The van der Waals surface area contributed by atoms with Crippen molar-refractivity contribution in [2.24, 2.45) is 0 Å². The fraction of sp³-hybridized carbons (Fsp3) is 0.521. The minimum absolute atomic E-state index is 0.00106. The van der Waals surface area contributed by atoms with Gasteiger partial charge in [0, 0.05) is 47.9 Å². The molecule has 2 saturated heterocycles. The van der Waals surface area contributed by atoms with Crippen molar-refractivity contribution in [1.29, 1.82) is 5.26 Å². The fourth-order valence-corrected chi connectivity index (χ4v) is 12.6. The minimum atomic E-state index is -1.52. The summed E-state index contributed by atoms with van der Waals surface area (Å²) in [5, 5.41) is 26.5. The number of phenolic OH excluding ortho intramolecular Hbond substituents is 1. The van der Waals surface area contributed by atoms with E-state index in [0.717, 1.165) is 11.1 Å². The number of benzene rings is 3. The number of phenols is 1. The van der Waals surface area contributed by atoms with E-state index in [2.05, 4.69) is 11.4 Å². The Bertz CT molecular complexity index is 2610. The Labute approximate surface area is 386 Å². The van der Waals surface area contributed by atoms with Crippen molar-refractivity contribution in [3.05, 3.63) is 62.7 Å². The Morgan fingerprint density at radius 3 is 2.44 bits per heavy atom. The molecule has 3 aromatic carbocycles. The maximum Gasteiger partial charge on any atom is 0.411 e.